The van der Waals surface area contributed by atoms with Crippen molar-refractivity contribution in [2.45, 2.75) is 38.5 Å². The van der Waals surface area contributed by atoms with E-state index in [4.69, 9.17) is 9.47 Å². The summed E-state index contributed by atoms with van der Waals surface area (Å²) in [5.41, 5.74) is 5.23. The SMILES string of the molecule is Cc1cc(C)cc(C2(C(=O)N3CCOCC(Cc4cnc5ccccc5c4)C3)CCOCC2)c1. The first-order chi connectivity index (χ1) is 16.5. The van der Waals surface area contributed by atoms with Gasteiger partial charge in [-0.05, 0) is 56.4 Å². The molecule has 34 heavy (non-hydrogen) atoms. The second-order valence-electron chi connectivity index (χ2n) is 10.0. The van der Waals surface area contributed by atoms with Crippen molar-refractivity contribution in [3.05, 3.63) is 77.0 Å². The number of pyridine rings is 1. The van der Waals surface area contributed by atoms with E-state index in [-0.39, 0.29) is 11.8 Å². The molecule has 2 fully saturated rings. The molecule has 5 heteroatoms. The molecule has 1 aromatic heterocycles. The van der Waals surface area contributed by atoms with E-state index in [1.807, 2.05) is 24.4 Å². The van der Waals surface area contributed by atoms with E-state index < -0.39 is 5.41 Å². The number of ether oxygens (including phenoxy) is 2. The van der Waals surface area contributed by atoms with Gasteiger partial charge in [0.2, 0.25) is 5.91 Å². The second kappa shape index (κ2) is 9.85. The van der Waals surface area contributed by atoms with Crippen LogP contribution in [0, 0.1) is 19.8 Å². The van der Waals surface area contributed by atoms with E-state index in [1.165, 1.54) is 16.7 Å². The van der Waals surface area contributed by atoms with Crippen molar-refractivity contribution >= 4 is 16.8 Å². The average Bonchev–Trinajstić information content (AvgIpc) is 3.09. The molecule has 1 amide bonds. The fraction of sp³-hybridized carbons (Fsp3) is 0.448. The Hall–Kier alpha value is -2.76. The van der Waals surface area contributed by atoms with Crippen LogP contribution in [0.2, 0.25) is 0 Å². The van der Waals surface area contributed by atoms with E-state index in [1.54, 1.807) is 0 Å². The zero-order chi connectivity index (χ0) is 23.5. The molecule has 0 bridgehead atoms. The summed E-state index contributed by atoms with van der Waals surface area (Å²) in [5, 5.41) is 1.15. The quantitative estimate of drug-likeness (QED) is 0.573. The molecule has 2 saturated heterocycles. The van der Waals surface area contributed by atoms with E-state index in [0.717, 1.165) is 35.7 Å². The highest BCUT2D eigenvalue weighted by atomic mass is 16.5. The van der Waals surface area contributed by atoms with Gasteiger partial charge in [0, 0.05) is 43.8 Å². The van der Waals surface area contributed by atoms with Gasteiger partial charge in [-0.15, -0.1) is 0 Å². The molecular weight excluding hydrogens is 424 g/mol. The fourth-order valence-electron chi connectivity index (χ4n) is 5.65. The van der Waals surface area contributed by atoms with Crippen LogP contribution in [0.3, 0.4) is 0 Å². The summed E-state index contributed by atoms with van der Waals surface area (Å²) in [5.74, 6) is 0.471. The lowest BCUT2D eigenvalue weighted by atomic mass is 9.72. The van der Waals surface area contributed by atoms with Crippen LogP contribution in [-0.4, -0.2) is 55.3 Å². The number of hydrogen-bond donors (Lipinski definition) is 0. The highest BCUT2D eigenvalue weighted by molar-refractivity contribution is 5.88. The highest BCUT2D eigenvalue weighted by Gasteiger charge is 2.44. The van der Waals surface area contributed by atoms with Crippen molar-refractivity contribution in [1.82, 2.24) is 9.88 Å². The van der Waals surface area contributed by atoms with Crippen molar-refractivity contribution in [2.75, 3.05) is 39.5 Å². The van der Waals surface area contributed by atoms with Crippen molar-refractivity contribution in [2.24, 2.45) is 5.92 Å². The van der Waals surface area contributed by atoms with Crippen LogP contribution in [0.1, 0.15) is 35.1 Å². The second-order valence-corrected chi connectivity index (χ2v) is 10.0. The Morgan fingerprint density at radius 3 is 2.59 bits per heavy atom. The topological polar surface area (TPSA) is 51.7 Å². The van der Waals surface area contributed by atoms with E-state index in [2.05, 4.69) is 54.1 Å². The maximum Gasteiger partial charge on any atom is 0.233 e. The Balaban J connectivity index is 1.39. The summed E-state index contributed by atoms with van der Waals surface area (Å²) in [6.07, 6.45) is 4.27. The van der Waals surface area contributed by atoms with E-state index in [9.17, 15) is 4.79 Å². The Labute approximate surface area is 202 Å². The molecule has 2 aliphatic heterocycles. The average molecular weight is 459 g/mol. The smallest absolute Gasteiger partial charge is 0.233 e. The third-order valence-electron chi connectivity index (χ3n) is 7.33. The zero-order valence-electron chi connectivity index (χ0n) is 20.3. The minimum atomic E-state index is -0.519. The number of carbonyl (C=O) groups is 1. The molecule has 2 aliphatic rings. The maximum atomic E-state index is 14.2. The summed E-state index contributed by atoms with van der Waals surface area (Å²) in [6.45, 7) is 8.05. The van der Waals surface area contributed by atoms with Gasteiger partial charge in [-0.25, -0.2) is 0 Å². The van der Waals surface area contributed by atoms with E-state index in [0.29, 0.717) is 39.5 Å². The summed E-state index contributed by atoms with van der Waals surface area (Å²) in [7, 11) is 0. The normalized spacial score (nSPS) is 20.8. The molecule has 0 aliphatic carbocycles. The first-order valence-electron chi connectivity index (χ1n) is 12.4. The highest BCUT2D eigenvalue weighted by Crippen LogP contribution is 2.38. The standard InChI is InChI=1S/C29H34N2O3/c1-21-13-22(2)15-26(14-21)29(7-10-33-11-8-29)28(32)31-9-12-34-20-24(19-31)16-23-17-25-5-3-4-6-27(25)30-18-23/h3-6,13-15,17-18,24H,7-12,16,19-20H2,1-2H3. The molecule has 0 saturated carbocycles. The Morgan fingerprint density at radius 1 is 1.03 bits per heavy atom. The van der Waals surface area contributed by atoms with Crippen molar-refractivity contribution in [3.63, 3.8) is 0 Å². The minimum absolute atomic E-state index is 0.230. The van der Waals surface area contributed by atoms with Gasteiger partial charge in [0.05, 0.1) is 24.1 Å². The van der Waals surface area contributed by atoms with Gasteiger partial charge >= 0.3 is 0 Å². The molecule has 1 atom stereocenters. The predicted octanol–water partition coefficient (Wildman–Crippen LogP) is 4.62. The van der Waals surface area contributed by atoms with Crippen LogP contribution in [0.5, 0.6) is 0 Å². The Bertz CT molecular complexity index is 1150. The molecule has 3 aromatic rings. The number of aryl methyl sites for hydroxylation is 2. The third-order valence-corrected chi connectivity index (χ3v) is 7.33. The van der Waals surface area contributed by atoms with Gasteiger partial charge in [-0.1, -0.05) is 47.5 Å². The summed E-state index contributed by atoms with van der Waals surface area (Å²) < 4.78 is 11.7. The molecule has 1 unspecified atom stereocenters. The summed E-state index contributed by atoms with van der Waals surface area (Å²) >= 11 is 0. The molecule has 2 aromatic carbocycles. The number of hydrogen-bond acceptors (Lipinski definition) is 4. The minimum Gasteiger partial charge on any atom is -0.381 e. The van der Waals surface area contributed by atoms with Crippen LogP contribution >= 0.6 is 0 Å². The van der Waals surface area contributed by atoms with Gasteiger partial charge in [-0.2, -0.15) is 0 Å². The summed E-state index contributed by atoms with van der Waals surface area (Å²) in [4.78, 5) is 20.9. The van der Waals surface area contributed by atoms with Crippen LogP contribution in [-0.2, 0) is 26.1 Å². The molecule has 3 heterocycles. The van der Waals surface area contributed by atoms with Crippen LogP contribution < -0.4 is 0 Å². The molecule has 0 spiro atoms. The fourth-order valence-corrected chi connectivity index (χ4v) is 5.65. The van der Waals surface area contributed by atoms with Crippen molar-refractivity contribution in [3.8, 4) is 0 Å². The van der Waals surface area contributed by atoms with Crippen LogP contribution in [0.15, 0.2) is 54.7 Å². The number of para-hydroxylation sites is 1. The number of aromatic nitrogens is 1. The van der Waals surface area contributed by atoms with Gasteiger partial charge in [0.25, 0.3) is 0 Å². The predicted molar refractivity (Wildman–Crippen MR) is 134 cm³/mol. The zero-order valence-corrected chi connectivity index (χ0v) is 20.3. The summed E-state index contributed by atoms with van der Waals surface area (Å²) in [6, 6.07) is 17.0. The Kier molecular flexibility index (Phi) is 6.66. The molecular formula is C29H34N2O3. The molecule has 178 valence electrons. The number of benzene rings is 2. The lowest BCUT2D eigenvalue weighted by Crippen LogP contribution is -2.51. The third kappa shape index (κ3) is 4.73. The van der Waals surface area contributed by atoms with Crippen molar-refractivity contribution in [1.29, 1.82) is 0 Å². The molecule has 0 radical (unpaired) electrons. The van der Waals surface area contributed by atoms with Crippen LogP contribution in [0.25, 0.3) is 10.9 Å². The largest absolute Gasteiger partial charge is 0.381 e. The molecule has 5 nitrogen and oxygen atoms in total. The lowest BCUT2D eigenvalue weighted by Gasteiger charge is -2.40. The molecule has 0 N–H and O–H groups in total. The number of fused-ring (bicyclic) bond motifs is 1. The number of amides is 1. The number of carbonyl (C=O) groups excluding carboxylic acids is 1. The first-order valence-corrected chi connectivity index (χ1v) is 12.4. The maximum absolute atomic E-state index is 14.2. The Morgan fingerprint density at radius 2 is 1.79 bits per heavy atom. The van der Waals surface area contributed by atoms with Gasteiger partial charge in [0.15, 0.2) is 0 Å². The first kappa shape index (κ1) is 23.0. The van der Waals surface area contributed by atoms with Gasteiger partial charge in [0.1, 0.15) is 0 Å². The monoisotopic (exact) mass is 458 g/mol. The van der Waals surface area contributed by atoms with Crippen molar-refractivity contribution < 1.29 is 14.3 Å². The lowest BCUT2D eigenvalue weighted by molar-refractivity contribution is -0.141. The van der Waals surface area contributed by atoms with Gasteiger partial charge < -0.3 is 14.4 Å². The number of rotatable bonds is 4. The van der Waals surface area contributed by atoms with Crippen LogP contribution in [0.4, 0.5) is 0 Å². The van der Waals surface area contributed by atoms with Gasteiger partial charge in [-0.3, -0.25) is 9.78 Å². The molecule has 5 rings (SSSR count). The van der Waals surface area contributed by atoms with E-state index >= 15 is 0 Å². The number of nitrogens with zero attached hydrogens (tertiary/aromatic N) is 2.